The van der Waals surface area contributed by atoms with Crippen molar-refractivity contribution in [1.82, 2.24) is 15.1 Å². The summed E-state index contributed by atoms with van der Waals surface area (Å²) in [7, 11) is 0. The highest BCUT2D eigenvalue weighted by Crippen LogP contribution is 2.12. The third kappa shape index (κ3) is 3.95. The van der Waals surface area contributed by atoms with Gasteiger partial charge in [0, 0.05) is 30.2 Å². The molecule has 1 amide bonds. The first-order chi connectivity index (χ1) is 10.2. The highest BCUT2D eigenvalue weighted by molar-refractivity contribution is 5.95. The van der Waals surface area contributed by atoms with Crippen LogP contribution in [0.15, 0.2) is 43.1 Å². The summed E-state index contributed by atoms with van der Waals surface area (Å²) in [6.45, 7) is 7.04. The normalized spacial score (nSPS) is 10.1. The van der Waals surface area contributed by atoms with Gasteiger partial charge in [-0.05, 0) is 30.7 Å². The number of nitrogens with zero attached hydrogens (tertiary/aromatic N) is 2. The van der Waals surface area contributed by atoms with Crippen LogP contribution >= 0.6 is 0 Å². The minimum Gasteiger partial charge on any atom is -0.379 e. The summed E-state index contributed by atoms with van der Waals surface area (Å²) in [6.07, 6.45) is 4.31. The lowest BCUT2D eigenvalue weighted by Gasteiger charge is -2.09. The van der Waals surface area contributed by atoms with Crippen molar-refractivity contribution >= 4 is 17.8 Å². The molecule has 0 saturated carbocycles. The number of hydrogen-bond acceptors (Lipinski definition) is 3. The van der Waals surface area contributed by atoms with Gasteiger partial charge in [0.25, 0.3) is 5.91 Å². The van der Waals surface area contributed by atoms with Gasteiger partial charge >= 0.3 is 0 Å². The molecule has 1 heterocycles. The fourth-order valence-corrected chi connectivity index (χ4v) is 1.95. The van der Waals surface area contributed by atoms with E-state index in [0.717, 1.165) is 17.8 Å². The number of carbonyl (C=O) groups is 1. The molecule has 0 bridgehead atoms. The second kappa shape index (κ2) is 7.28. The molecule has 2 aromatic rings. The van der Waals surface area contributed by atoms with Crippen LogP contribution in [0.1, 0.15) is 29.4 Å². The smallest absolute Gasteiger partial charge is 0.251 e. The molecule has 110 valence electrons. The number of amides is 1. The zero-order valence-corrected chi connectivity index (χ0v) is 12.2. The molecule has 0 radical (unpaired) electrons. The van der Waals surface area contributed by atoms with Crippen LogP contribution in [0.2, 0.25) is 0 Å². The Morgan fingerprint density at radius 3 is 3.05 bits per heavy atom. The molecule has 1 aromatic heterocycles. The van der Waals surface area contributed by atoms with Crippen LogP contribution in [0.4, 0.5) is 5.69 Å². The Morgan fingerprint density at radius 2 is 2.29 bits per heavy atom. The lowest BCUT2D eigenvalue weighted by Crippen LogP contribution is -2.23. The van der Waals surface area contributed by atoms with Crippen LogP contribution in [-0.4, -0.2) is 22.2 Å². The van der Waals surface area contributed by atoms with E-state index in [2.05, 4.69) is 22.3 Å². The van der Waals surface area contributed by atoms with Gasteiger partial charge in [0.05, 0.1) is 12.2 Å². The summed E-state index contributed by atoms with van der Waals surface area (Å²) in [4.78, 5) is 11.9. The number of rotatable bonds is 7. The van der Waals surface area contributed by atoms with Gasteiger partial charge in [0.2, 0.25) is 0 Å². The number of carbonyl (C=O) groups excluding carboxylic acids is 1. The molecule has 2 rings (SSSR count). The summed E-state index contributed by atoms with van der Waals surface area (Å²) in [6, 6.07) is 9.38. The van der Waals surface area contributed by atoms with Crippen molar-refractivity contribution in [3.8, 4) is 0 Å². The molecule has 0 aliphatic carbocycles. The summed E-state index contributed by atoms with van der Waals surface area (Å²) in [5.41, 5.74) is 2.56. The quantitative estimate of drug-likeness (QED) is 0.822. The van der Waals surface area contributed by atoms with Crippen LogP contribution in [0, 0.1) is 0 Å². The van der Waals surface area contributed by atoms with Gasteiger partial charge in [-0.1, -0.05) is 19.6 Å². The SMILES string of the molecule is C=Cn1nccc1CNc1cccc(C(=O)NCCC)c1. The maximum atomic E-state index is 11.9. The molecule has 0 saturated heterocycles. The van der Waals surface area contributed by atoms with E-state index in [-0.39, 0.29) is 5.91 Å². The lowest BCUT2D eigenvalue weighted by molar-refractivity contribution is 0.0953. The molecule has 0 fully saturated rings. The second-order valence-corrected chi connectivity index (χ2v) is 4.64. The third-order valence-corrected chi connectivity index (χ3v) is 3.06. The average Bonchev–Trinajstić information content (AvgIpc) is 2.98. The topological polar surface area (TPSA) is 59.0 Å². The molecule has 0 unspecified atom stereocenters. The van der Waals surface area contributed by atoms with Crippen molar-refractivity contribution in [3.05, 3.63) is 54.4 Å². The Balaban J connectivity index is 2.01. The largest absolute Gasteiger partial charge is 0.379 e. The van der Waals surface area contributed by atoms with Gasteiger partial charge in [-0.15, -0.1) is 0 Å². The van der Waals surface area contributed by atoms with E-state index >= 15 is 0 Å². The zero-order chi connectivity index (χ0) is 15.1. The van der Waals surface area contributed by atoms with Crippen LogP contribution in [0.3, 0.4) is 0 Å². The Labute approximate surface area is 124 Å². The second-order valence-electron chi connectivity index (χ2n) is 4.64. The Kier molecular flexibility index (Phi) is 5.15. The zero-order valence-electron chi connectivity index (χ0n) is 12.2. The minimum atomic E-state index is -0.0448. The molecular formula is C16H20N4O. The van der Waals surface area contributed by atoms with E-state index in [1.165, 1.54) is 0 Å². The Morgan fingerprint density at radius 1 is 1.43 bits per heavy atom. The number of hydrogen-bond donors (Lipinski definition) is 2. The number of nitrogens with one attached hydrogen (secondary N) is 2. The summed E-state index contributed by atoms with van der Waals surface area (Å²) in [5.74, 6) is -0.0448. The Hall–Kier alpha value is -2.56. The molecule has 0 atom stereocenters. The predicted molar refractivity (Wildman–Crippen MR) is 85.0 cm³/mol. The molecule has 1 aromatic carbocycles. The van der Waals surface area contributed by atoms with Crippen molar-refractivity contribution in [1.29, 1.82) is 0 Å². The number of aromatic nitrogens is 2. The van der Waals surface area contributed by atoms with E-state index in [4.69, 9.17) is 0 Å². The fraction of sp³-hybridized carbons (Fsp3) is 0.250. The van der Waals surface area contributed by atoms with Crippen LogP contribution in [0.25, 0.3) is 6.20 Å². The third-order valence-electron chi connectivity index (χ3n) is 3.06. The van der Waals surface area contributed by atoms with Gasteiger partial charge in [0.15, 0.2) is 0 Å². The average molecular weight is 284 g/mol. The molecule has 21 heavy (non-hydrogen) atoms. The van der Waals surface area contributed by atoms with E-state index in [1.54, 1.807) is 17.1 Å². The first-order valence-corrected chi connectivity index (χ1v) is 7.01. The van der Waals surface area contributed by atoms with Crippen LogP contribution < -0.4 is 10.6 Å². The molecule has 0 aliphatic heterocycles. The first-order valence-electron chi connectivity index (χ1n) is 7.01. The molecule has 5 heteroatoms. The van der Waals surface area contributed by atoms with E-state index in [9.17, 15) is 4.79 Å². The van der Waals surface area contributed by atoms with Crippen molar-refractivity contribution in [2.45, 2.75) is 19.9 Å². The van der Waals surface area contributed by atoms with Gasteiger partial charge in [-0.25, -0.2) is 4.68 Å². The van der Waals surface area contributed by atoms with E-state index in [0.29, 0.717) is 18.7 Å². The molecular weight excluding hydrogens is 264 g/mol. The molecule has 0 aliphatic rings. The number of anilines is 1. The molecule has 2 N–H and O–H groups in total. The first kappa shape index (κ1) is 14.8. The van der Waals surface area contributed by atoms with Crippen molar-refractivity contribution in [2.24, 2.45) is 0 Å². The summed E-state index contributed by atoms with van der Waals surface area (Å²) in [5, 5.41) is 10.3. The number of benzene rings is 1. The fourth-order valence-electron chi connectivity index (χ4n) is 1.95. The van der Waals surface area contributed by atoms with E-state index in [1.807, 2.05) is 37.3 Å². The maximum Gasteiger partial charge on any atom is 0.251 e. The minimum absolute atomic E-state index is 0.0448. The molecule has 0 spiro atoms. The highest BCUT2D eigenvalue weighted by atomic mass is 16.1. The van der Waals surface area contributed by atoms with Crippen LogP contribution in [-0.2, 0) is 6.54 Å². The van der Waals surface area contributed by atoms with Crippen molar-refractivity contribution < 1.29 is 4.79 Å². The summed E-state index contributed by atoms with van der Waals surface area (Å²) < 4.78 is 1.71. The molecule has 5 nitrogen and oxygen atoms in total. The van der Waals surface area contributed by atoms with Gasteiger partial charge < -0.3 is 10.6 Å². The van der Waals surface area contributed by atoms with Crippen molar-refractivity contribution in [3.63, 3.8) is 0 Å². The Bertz CT molecular complexity index is 618. The van der Waals surface area contributed by atoms with Gasteiger partial charge in [-0.2, -0.15) is 5.10 Å². The van der Waals surface area contributed by atoms with Crippen LogP contribution in [0.5, 0.6) is 0 Å². The van der Waals surface area contributed by atoms with E-state index < -0.39 is 0 Å². The highest BCUT2D eigenvalue weighted by Gasteiger charge is 2.05. The van der Waals surface area contributed by atoms with Gasteiger partial charge in [0.1, 0.15) is 0 Å². The summed E-state index contributed by atoms with van der Waals surface area (Å²) >= 11 is 0. The predicted octanol–water partition coefficient (Wildman–Crippen LogP) is 2.74. The monoisotopic (exact) mass is 284 g/mol. The standard InChI is InChI=1S/C16H20N4O/c1-3-9-17-16(21)13-6-5-7-14(11-13)18-12-15-8-10-19-20(15)4-2/h4-8,10-11,18H,2-3,9,12H2,1H3,(H,17,21). The maximum absolute atomic E-state index is 11.9. The lowest BCUT2D eigenvalue weighted by atomic mass is 10.2. The van der Waals surface area contributed by atoms with Gasteiger partial charge in [-0.3, -0.25) is 4.79 Å². The van der Waals surface area contributed by atoms with Crippen molar-refractivity contribution in [2.75, 3.05) is 11.9 Å².